The summed E-state index contributed by atoms with van der Waals surface area (Å²) in [4.78, 5) is 0. The molecule has 2 aromatic rings. The Hall–Kier alpha value is -1.81. The number of nitrogen functional groups attached to an aromatic ring is 1. The number of hydrogen-bond donors (Lipinski definition) is 1. The van der Waals surface area contributed by atoms with Gasteiger partial charge in [0, 0.05) is 24.6 Å². The maximum absolute atomic E-state index is 5.62. The van der Waals surface area contributed by atoms with E-state index in [1.54, 1.807) is 11.8 Å². The van der Waals surface area contributed by atoms with E-state index in [2.05, 4.69) is 5.10 Å². The van der Waals surface area contributed by atoms with Gasteiger partial charge in [0.2, 0.25) is 0 Å². The third kappa shape index (κ3) is 2.16. The summed E-state index contributed by atoms with van der Waals surface area (Å²) in [5, 5.41) is 4.17. The second kappa shape index (κ2) is 4.14. The molecule has 1 aromatic heterocycles. The maximum Gasteiger partial charge on any atom is 0.138 e. The van der Waals surface area contributed by atoms with Crippen molar-refractivity contribution in [1.82, 2.24) is 9.78 Å². The molecule has 0 saturated carbocycles. The van der Waals surface area contributed by atoms with E-state index in [0.29, 0.717) is 6.73 Å². The Bertz CT molecular complexity index is 433. The van der Waals surface area contributed by atoms with Crippen LogP contribution in [0.15, 0.2) is 36.7 Å². The second-order valence-electron chi connectivity index (χ2n) is 3.31. The van der Waals surface area contributed by atoms with Crippen LogP contribution in [0.25, 0.3) is 11.1 Å². The Kier molecular flexibility index (Phi) is 2.69. The molecule has 0 fully saturated rings. The average Bonchev–Trinajstić information content (AvgIpc) is 2.68. The van der Waals surface area contributed by atoms with Crippen LogP contribution in [0, 0.1) is 0 Å². The summed E-state index contributed by atoms with van der Waals surface area (Å²) in [6, 6.07) is 7.71. The Balaban J connectivity index is 2.25. The molecule has 78 valence electrons. The lowest BCUT2D eigenvalue weighted by Crippen LogP contribution is -1.98. The van der Waals surface area contributed by atoms with E-state index in [-0.39, 0.29) is 0 Å². The number of methoxy groups -OCH3 is 1. The normalized spacial score (nSPS) is 10.5. The highest BCUT2D eigenvalue weighted by Gasteiger charge is 2.00. The number of rotatable bonds is 3. The van der Waals surface area contributed by atoms with Crippen molar-refractivity contribution in [2.45, 2.75) is 6.73 Å². The van der Waals surface area contributed by atoms with Crippen LogP contribution in [-0.2, 0) is 11.5 Å². The molecule has 0 unspecified atom stereocenters. The largest absolute Gasteiger partial charge is 0.399 e. The molecule has 0 aliphatic heterocycles. The summed E-state index contributed by atoms with van der Waals surface area (Å²) in [6.45, 7) is 0.467. The molecule has 0 spiro atoms. The minimum Gasteiger partial charge on any atom is -0.399 e. The lowest BCUT2D eigenvalue weighted by molar-refractivity contribution is 0.120. The van der Waals surface area contributed by atoms with Crippen LogP contribution in [0.5, 0.6) is 0 Å². The summed E-state index contributed by atoms with van der Waals surface area (Å²) >= 11 is 0. The third-order valence-corrected chi connectivity index (χ3v) is 2.14. The van der Waals surface area contributed by atoms with Crippen molar-refractivity contribution < 1.29 is 4.74 Å². The lowest BCUT2D eigenvalue weighted by Gasteiger charge is -1.98. The van der Waals surface area contributed by atoms with E-state index in [4.69, 9.17) is 10.5 Å². The van der Waals surface area contributed by atoms with E-state index in [1.807, 2.05) is 36.7 Å². The number of benzene rings is 1. The monoisotopic (exact) mass is 203 g/mol. The van der Waals surface area contributed by atoms with Crippen molar-refractivity contribution in [2.75, 3.05) is 12.8 Å². The molecule has 15 heavy (non-hydrogen) atoms. The van der Waals surface area contributed by atoms with Crippen LogP contribution in [0.4, 0.5) is 5.69 Å². The van der Waals surface area contributed by atoms with Gasteiger partial charge in [-0.25, -0.2) is 4.68 Å². The van der Waals surface area contributed by atoms with Crippen molar-refractivity contribution in [3.63, 3.8) is 0 Å². The SMILES string of the molecule is COCn1cc(-c2ccc(N)cc2)cn1. The van der Waals surface area contributed by atoms with Crippen LogP contribution in [0.1, 0.15) is 0 Å². The number of nitrogens with zero attached hydrogens (tertiary/aromatic N) is 2. The highest BCUT2D eigenvalue weighted by molar-refractivity contribution is 5.63. The maximum atomic E-state index is 5.62. The first-order chi connectivity index (χ1) is 7.29. The molecular weight excluding hydrogens is 190 g/mol. The van der Waals surface area contributed by atoms with Gasteiger partial charge in [0.25, 0.3) is 0 Å². The van der Waals surface area contributed by atoms with Gasteiger partial charge in [0.05, 0.1) is 6.20 Å². The fraction of sp³-hybridized carbons (Fsp3) is 0.182. The Morgan fingerprint density at radius 2 is 2.00 bits per heavy atom. The first-order valence-electron chi connectivity index (χ1n) is 4.67. The van der Waals surface area contributed by atoms with E-state index in [9.17, 15) is 0 Å². The summed E-state index contributed by atoms with van der Waals surface area (Å²) in [5.74, 6) is 0. The standard InChI is InChI=1S/C11H13N3O/c1-15-8-14-7-10(6-13-14)9-2-4-11(12)5-3-9/h2-7H,8,12H2,1H3. The van der Waals surface area contributed by atoms with Gasteiger partial charge < -0.3 is 10.5 Å². The summed E-state index contributed by atoms with van der Waals surface area (Å²) in [6.07, 6.45) is 3.75. The fourth-order valence-electron chi connectivity index (χ4n) is 1.39. The number of anilines is 1. The predicted molar refractivity (Wildman–Crippen MR) is 59.1 cm³/mol. The van der Waals surface area contributed by atoms with Crippen molar-refractivity contribution >= 4 is 5.69 Å². The molecule has 0 aliphatic carbocycles. The second-order valence-corrected chi connectivity index (χ2v) is 3.31. The third-order valence-electron chi connectivity index (χ3n) is 2.14. The van der Waals surface area contributed by atoms with E-state index in [0.717, 1.165) is 16.8 Å². The van der Waals surface area contributed by atoms with E-state index >= 15 is 0 Å². The zero-order chi connectivity index (χ0) is 10.7. The molecular formula is C11H13N3O. The molecule has 0 saturated heterocycles. The Morgan fingerprint density at radius 1 is 1.27 bits per heavy atom. The van der Waals surface area contributed by atoms with Gasteiger partial charge in [-0.05, 0) is 17.7 Å². The quantitative estimate of drug-likeness (QED) is 0.773. The summed E-state index contributed by atoms with van der Waals surface area (Å²) in [7, 11) is 1.64. The smallest absolute Gasteiger partial charge is 0.138 e. The molecule has 0 bridgehead atoms. The first kappa shape index (κ1) is 9.73. The van der Waals surface area contributed by atoms with Gasteiger partial charge in [-0.15, -0.1) is 0 Å². The van der Waals surface area contributed by atoms with Crippen molar-refractivity contribution in [3.05, 3.63) is 36.7 Å². The van der Waals surface area contributed by atoms with Crippen LogP contribution < -0.4 is 5.73 Å². The fourth-order valence-corrected chi connectivity index (χ4v) is 1.39. The molecule has 2 rings (SSSR count). The van der Waals surface area contributed by atoms with Crippen LogP contribution in [0.3, 0.4) is 0 Å². The van der Waals surface area contributed by atoms with Crippen LogP contribution in [0.2, 0.25) is 0 Å². The zero-order valence-corrected chi connectivity index (χ0v) is 8.55. The lowest BCUT2D eigenvalue weighted by atomic mass is 10.1. The molecule has 4 nitrogen and oxygen atoms in total. The van der Waals surface area contributed by atoms with Gasteiger partial charge in [-0.3, -0.25) is 0 Å². The first-order valence-corrected chi connectivity index (χ1v) is 4.67. The average molecular weight is 203 g/mol. The number of nitrogens with two attached hydrogens (primary N) is 1. The molecule has 0 amide bonds. The molecule has 0 atom stereocenters. The zero-order valence-electron chi connectivity index (χ0n) is 8.55. The number of aromatic nitrogens is 2. The van der Waals surface area contributed by atoms with Gasteiger partial charge in [0.1, 0.15) is 6.73 Å². The highest BCUT2D eigenvalue weighted by Crippen LogP contribution is 2.19. The molecule has 1 aromatic carbocycles. The van der Waals surface area contributed by atoms with Crippen molar-refractivity contribution in [2.24, 2.45) is 0 Å². The topological polar surface area (TPSA) is 53.1 Å². The molecule has 0 aliphatic rings. The minimum absolute atomic E-state index is 0.467. The van der Waals surface area contributed by atoms with Crippen LogP contribution >= 0.6 is 0 Å². The molecule has 4 heteroatoms. The summed E-state index contributed by atoms with van der Waals surface area (Å²) < 4.78 is 6.72. The van der Waals surface area contributed by atoms with Crippen molar-refractivity contribution in [1.29, 1.82) is 0 Å². The van der Waals surface area contributed by atoms with Crippen molar-refractivity contribution in [3.8, 4) is 11.1 Å². The number of ether oxygens (including phenoxy) is 1. The molecule has 2 N–H and O–H groups in total. The minimum atomic E-state index is 0.467. The van der Waals surface area contributed by atoms with Gasteiger partial charge in [-0.2, -0.15) is 5.10 Å². The number of hydrogen-bond acceptors (Lipinski definition) is 3. The van der Waals surface area contributed by atoms with Crippen LogP contribution in [-0.4, -0.2) is 16.9 Å². The Labute approximate surface area is 88.3 Å². The summed E-state index contributed by atoms with van der Waals surface area (Å²) in [5.41, 5.74) is 8.55. The van der Waals surface area contributed by atoms with E-state index < -0.39 is 0 Å². The Morgan fingerprint density at radius 3 is 2.67 bits per heavy atom. The molecule has 0 radical (unpaired) electrons. The predicted octanol–water partition coefficient (Wildman–Crippen LogP) is 1.74. The highest BCUT2D eigenvalue weighted by atomic mass is 16.5. The van der Waals surface area contributed by atoms with Gasteiger partial charge in [0.15, 0.2) is 0 Å². The molecule has 1 heterocycles. The van der Waals surface area contributed by atoms with Gasteiger partial charge >= 0.3 is 0 Å². The van der Waals surface area contributed by atoms with E-state index in [1.165, 1.54) is 0 Å². The van der Waals surface area contributed by atoms with Gasteiger partial charge in [-0.1, -0.05) is 12.1 Å².